The van der Waals surface area contributed by atoms with Crippen molar-refractivity contribution in [2.75, 3.05) is 18.0 Å². The molecular weight excluding hydrogens is 540 g/mol. The van der Waals surface area contributed by atoms with Gasteiger partial charge in [0.05, 0.1) is 18.2 Å². The largest absolute Gasteiger partial charge is 0.416 e. The Morgan fingerprint density at radius 1 is 0.900 bits per heavy atom. The second-order valence-corrected chi connectivity index (χ2v) is 9.23. The van der Waals surface area contributed by atoms with Crippen molar-refractivity contribution >= 4 is 22.8 Å². The number of alkyl halides is 6. The number of halogens is 6. The molecule has 2 aromatic heterocycles. The summed E-state index contributed by atoms with van der Waals surface area (Å²) in [5.74, 6) is -0.285. The van der Waals surface area contributed by atoms with Crippen molar-refractivity contribution in [3.05, 3.63) is 70.4 Å². The topological polar surface area (TPSA) is 72.1 Å². The molecule has 0 saturated carbocycles. The first kappa shape index (κ1) is 28.9. The molecule has 0 unspecified atom stereocenters. The van der Waals surface area contributed by atoms with Crippen molar-refractivity contribution in [3.63, 3.8) is 0 Å². The van der Waals surface area contributed by atoms with E-state index in [0.29, 0.717) is 41.9 Å². The molecule has 0 aliphatic heterocycles. The third kappa shape index (κ3) is 5.75. The zero-order valence-corrected chi connectivity index (χ0v) is 22.2. The van der Waals surface area contributed by atoms with Gasteiger partial charge >= 0.3 is 12.4 Å². The van der Waals surface area contributed by atoms with Crippen LogP contribution in [0.1, 0.15) is 46.6 Å². The molecule has 0 spiro atoms. The van der Waals surface area contributed by atoms with Gasteiger partial charge in [0.25, 0.3) is 11.9 Å². The number of tetrazole rings is 1. The predicted molar refractivity (Wildman–Crippen MR) is 135 cm³/mol. The van der Waals surface area contributed by atoms with E-state index >= 15 is 0 Å². The first-order valence-electron chi connectivity index (χ1n) is 12.4. The number of carbonyl (C=O) groups is 1. The van der Waals surface area contributed by atoms with Gasteiger partial charge in [-0.3, -0.25) is 4.79 Å². The van der Waals surface area contributed by atoms with E-state index in [4.69, 9.17) is 0 Å². The lowest BCUT2D eigenvalue weighted by Crippen LogP contribution is -2.33. The highest BCUT2D eigenvalue weighted by molar-refractivity contribution is 6.02. The van der Waals surface area contributed by atoms with Crippen LogP contribution in [0.25, 0.3) is 10.9 Å². The molecule has 0 aliphatic rings. The van der Waals surface area contributed by atoms with Crippen molar-refractivity contribution in [1.82, 2.24) is 29.7 Å². The van der Waals surface area contributed by atoms with Gasteiger partial charge in [0, 0.05) is 49.7 Å². The van der Waals surface area contributed by atoms with E-state index in [1.165, 1.54) is 11.9 Å². The number of anilines is 1. The SMILES string of the molecule is CCN(CC)C(=O)c1c(CN(Cc2cc(C(F)(F)F)cc(C(F)(F)F)c2)c2nnn(C)n2)c2ccccc2n1C. The van der Waals surface area contributed by atoms with Gasteiger partial charge in [-0.1, -0.05) is 23.3 Å². The minimum Gasteiger partial charge on any atom is -0.339 e. The smallest absolute Gasteiger partial charge is 0.339 e. The average molecular weight is 568 g/mol. The molecule has 40 heavy (non-hydrogen) atoms. The molecule has 0 atom stereocenters. The van der Waals surface area contributed by atoms with Crippen LogP contribution in [0.15, 0.2) is 42.5 Å². The highest BCUT2D eigenvalue weighted by Gasteiger charge is 2.37. The van der Waals surface area contributed by atoms with E-state index in [0.717, 1.165) is 10.3 Å². The number of aryl methyl sites for hydroxylation is 2. The quantitative estimate of drug-likeness (QED) is 0.266. The predicted octanol–water partition coefficient (Wildman–Crippen LogP) is 5.43. The lowest BCUT2D eigenvalue weighted by Gasteiger charge is -2.24. The highest BCUT2D eigenvalue weighted by atomic mass is 19.4. The first-order chi connectivity index (χ1) is 18.7. The second-order valence-electron chi connectivity index (χ2n) is 9.23. The molecule has 0 N–H and O–H groups in total. The first-order valence-corrected chi connectivity index (χ1v) is 12.4. The van der Waals surface area contributed by atoms with Crippen LogP contribution in [0.3, 0.4) is 0 Å². The third-order valence-corrected chi connectivity index (χ3v) is 6.62. The van der Waals surface area contributed by atoms with Crippen LogP contribution in [0, 0.1) is 0 Å². The lowest BCUT2D eigenvalue weighted by atomic mass is 10.0. The van der Waals surface area contributed by atoms with E-state index < -0.39 is 30.0 Å². The van der Waals surface area contributed by atoms with Gasteiger partial charge in [-0.25, -0.2) is 0 Å². The van der Waals surface area contributed by atoms with Gasteiger partial charge in [0.2, 0.25) is 0 Å². The Bertz CT molecular complexity index is 1490. The molecular formula is C26H27F6N7O. The zero-order chi connectivity index (χ0) is 29.4. The molecule has 1 amide bonds. The third-order valence-electron chi connectivity index (χ3n) is 6.62. The van der Waals surface area contributed by atoms with E-state index in [9.17, 15) is 31.1 Å². The van der Waals surface area contributed by atoms with E-state index in [2.05, 4.69) is 15.4 Å². The fraction of sp³-hybridized carbons (Fsp3) is 0.385. The Hall–Kier alpha value is -4.10. The minimum absolute atomic E-state index is 0.0253. The summed E-state index contributed by atoms with van der Waals surface area (Å²) in [5, 5.41) is 12.6. The van der Waals surface area contributed by atoms with Crippen LogP contribution in [0.4, 0.5) is 32.3 Å². The maximum Gasteiger partial charge on any atom is 0.416 e. The lowest BCUT2D eigenvalue weighted by molar-refractivity contribution is -0.143. The summed E-state index contributed by atoms with van der Waals surface area (Å²) in [6.45, 7) is 4.05. The van der Waals surface area contributed by atoms with Crippen molar-refractivity contribution in [1.29, 1.82) is 0 Å². The number of hydrogen-bond donors (Lipinski definition) is 0. The van der Waals surface area contributed by atoms with Crippen LogP contribution < -0.4 is 4.90 Å². The molecule has 0 fully saturated rings. The molecule has 8 nitrogen and oxygen atoms in total. The Morgan fingerprint density at radius 3 is 2.02 bits per heavy atom. The maximum absolute atomic E-state index is 13.6. The summed E-state index contributed by atoms with van der Waals surface area (Å²) in [6, 6.07) is 8.64. The summed E-state index contributed by atoms with van der Waals surface area (Å²) in [4.78, 5) is 17.8. The Balaban J connectivity index is 1.87. The van der Waals surface area contributed by atoms with Gasteiger partial charge in [-0.2, -0.15) is 31.1 Å². The van der Waals surface area contributed by atoms with E-state index in [1.807, 2.05) is 19.9 Å². The Morgan fingerprint density at radius 2 is 1.50 bits per heavy atom. The summed E-state index contributed by atoms with van der Waals surface area (Å²) in [7, 11) is 3.21. The number of aromatic nitrogens is 5. The van der Waals surface area contributed by atoms with Gasteiger partial charge < -0.3 is 14.4 Å². The van der Waals surface area contributed by atoms with Crippen molar-refractivity contribution in [2.45, 2.75) is 39.3 Å². The zero-order valence-electron chi connectivity index (χ0n) is 22.2. The average Bonchev–Trinajstić information content (AvgIpc) is 3.44. The highest BCUT2D eigenvalue weighted by Crippen LogP contribution is 2.37. The normalized spacial score (nSPS) is 12.2. The molecule has 0 bridgehead atoms. The van der Waals surface area contributed by atoms with Crippen LogP contribution in [0.2, 0.25) is 0 Å². The monoisotopic (exact) mass is 567 g/mol. The van der Waals surface area contributed by atoms with Crippen molar-refractivity contribution in [3.8, 4) is 0 Å². The fourth-order valence-electron chi connectivity index (χ4n) is 4.68. The number of fused-ring (bicyclic) bond motifs is 1. The maximum atomic E-state index is 13.6. The summed E-state index contributed by atoms with van der Waals surface area (Å²) in [5.41, 5.74) is -1.49. The molecule has 2 heterocycles. The fourth-order valence-corrected chi connectivity index (χ4v) is 4.68. The van der Waals surface area contributed by atoms with Gasteiger partial charge in [0.1, 0.15) is 5.69 Å². The number of carbonyl (C=O) groups excluding carboxylic acids is 1. The van der Waals surface area contributed by atoms with E-state index in [-0.39, 0.29) is 30.0 Å². The molecule has 14 heteroatoms. The Kier molecular flexibility index (Phi) is 7.81. The summed E-state index contributed by atoms with van der Waals surface area (Å²) in [6.07, 6.45) is -9.99. The molecule has 0 aliphatic carbocycles. The van der Waals surface area contributed by atoms with Gasteiger partial charge in [-0.05, 0) is 48.9 Å². The molecule has 2 aromatic carbocycles. The number of amides is 1. The molecule has 0 radical (unpaired) electrons. The summed E-state index contributed by atoms with van der Waals surface area (Å²) >= 11 is 0. The van der Waals surface area contributed by atoms with E-state index in [1.54, 1.807) is 34.7 Å². The summed E-state index contributed by atoms with van der Waals surface area (Å²) < 4.78 is 83.0. The number of hydrogen-bond acceptors (Lipinski definition) is 5. The van der Waals surface area contributed by atoms with Crippen molar-refractivity contribution in [2.24, 2.45) is 14.1 Å². The van der Waals surface area contributed by atoms with Crippen LogP contribution in [0.5, 0.6) is 0 Å². The second kappa shape index (κ2) is 10.8. The van der Waals surface area contributed by atoms with Crippen molar-refractivity contribution < 1.29 is 31.1 Å². The number of benzene rings is 2. The van der Waals surface area contributed by atoms with Crippen LogP contribution in [-0.4, -0.2) is 48.7 Å². The number of rotatable bonds is 8. The molecule has 0 saturated heterocycles. The molecule has 4 aromatic rings. The number of nitrogens with zero attached hydrogens (tertiary/aromatic N) is 7. The number of para-hydroxylation sites is 1. The van der Waals surface area contributed by atoms with Gasteiger partial charge in [-0.15, -0.1) is 5.10 Å². The molecule has 4 rings (SSSR count). The molecule has 214 valence electrons. The van der Waals surface area contributed by atoms with Crippen LogP contribution in [-0.2, 0) is 39.5 Å². The van der Waals surface area contributed by atoms with Gasteiger partial charge in [0.15, 0.2) is 0 Å². The van der Waals surface area contributed by atoms with Crippen LogP contribution >= 0.6 is 0 Å². The standard InChI is InChI=1S/C26H27F6N7O/c1-5-38(6-2)23(40)22-20(19-9-7-8-10-21(19)36(22)3)15-39(24-33-35-37(4)34-24)14-16-11-17(25(27,28)29)13-18(12-16)26(30,31)32/h7-13H,5-6,14-15H2,1-4H3. The minimum atomic E-state index is -5.00. The Labute approximate surface area is 225 Å².